The fourth-order valence-corrected chi connectivity index (χ4v) is 10.1. The van der Waals surface area contributed by atoms with Gasteiger partial charge in [-0.25, -0.2) is 18.2 Å². The first-order chi connectivity index (χ1) is 28.5. The van der Waals surface area contributed by atoms with E-state index in [1.54, 1.807) is 31.3 Å². The van der Waals surface area contributed by atoms with Crippen LogP contribution < -0.4 is 20.3 Å². The van der Waals surface area contributed by atoms with Gasteiger partial charge < -0.3 is 24.6 Å². The van der Waals surface area contributed by atoms with Gasteiger partial charge in [0.15, 0.2) is 5.82 Å². The van der Waals surface area contributed by atoms with Crippen LogP contribution in [0.4, 0.5) is 27.7 Å². The lowest BCUT2D eigenvalue weighted by Gasteiger charge is -2.52. The van der Waals surface area contributed by atoms with Gasteiger partial charge in [0.05, 0.1) is 47.6 Å². The number of amides is 3. The molecule has 0 saturated carbocycles. The molecule has 3 unspecified atom stereocenters. The average Bonchev–Trinajstić information content (AvgIpc) is 3.71. The molecule has 17 heteroatoms. The number of morpholine rings is 1. The topological polar surface area (TPSA) is 186 Å². The second kappa shape index (κ2) is 19.4. The Bertz CT molecular complexity index is 2190. The second-order valence-electron chi connectivity index (χ2n) is 16.6. The normalized spacial score (nSPS) is 20.0. The number of benzene rings is 2. The maximum atomic E-state index is 13.5. The molecule has 3 aliphatic rings. The summed E-state index contributed by atoms with van der Waals surface area (Å²) in [7, 11) is -3.17. The Balaban J connectivity index is 1.04. The maximum absolute atomic E-state index is 13.5. The Labute approximate surface area is 360 Å². The minimum absolute atomic E-state index is 0.0199. The number of ether oxygens (including phenoxy) is 2. The van der Waals surface area contributed by atoms with Gasteiger partial charge in [-0.3, -0.25) is 25.2 Å². The van der Waals surface area contributed by atoms with Crippen molar-refractivity contribution in [1.29, 1.82) is 0 Å². The summed E-state index contributed by atoms with van der Waals surface area (Å²) in [6.45, 7) is 11.8. The Hall–Kier alpha value is -4.61. The van der Waals surface area contributed by atoms with E-state index in [2.05, 4.69) is 67.4 Å². The van der Waals surface area contributed by atoms with Gasteiger partial charge in [0.1, 0.15) is 28.3 Å². The van der Waals surface area contributed by atoms with Crippen LogP contribution in [0.2, 0.25) is 0 Å². The number of carbonyl (C=O) groups excluding carboxylic acids is 2. The Kier molecular flexibility index (Phi) is 14.5. The van der Waals surface area contributed by atoms with Crippen molar-refractivity contribution in [3.63, 3.8) is 0 Å². The molecule has 6 rings (SSSR count). The van der Waals surface area contributed by atoms with Crippen LogP contribution in [0.1, 0.15) is 82.0 Å². The van der Waals surface area contributed by atoms with Gasteiger partial charge in [-0.2, -0.15) is 0 Å². The van der Waals surface area contributed by atoms with Crippen LogP contribution in [0, 0.1) is 35.3 Å². The van der Waals surface area contributed by atoms with E-state index in [1.807, 2.05) is 30.9 Å². The molecule has 2 N–H and O–H groups in total. The van der Waals surface area contributed by atoms with Crippen LogP contribution in [0.3, 0.4) is 0 Å². The zero-order chi connectivity index (χ0) is 43.2. The number of rotatable bonds is 17. The molecule has 0 radical (unpaired) electrons. The lowest BCUT2D eigenvalue weighted by Crippen LogP contribution is -2.54. The van der Waals surface area contributed by atoms with Crippen LogP contribution in [-0.2, 0) is 19.4 Å². The lowest BCUT2D eigenvalue weighted by molar-refractivity contribution is -0.384. The molecule has 3 heterocycles. The van der Waals surface area contributed by atoms with E-state index in [4.69, 9.17) is 9.47 Å². The summed E-state index contributed by atoms with van der Waals surface area (Å²) in [4.78, 5) is 50.3. The number of non-ortho nitro benzene ring substituents is 1. The third-order valence-corrected chi connectivity index (χ3v) is 14.4. The number of carbonyl (C=O) groups is 2. The number of allylic oxidation sites excluding steroid dienone is 2. The molecule has 0 bridgehead atoms. The molecule has 4 atom stereocenters. The quantitative estimate of drug-likeness (QED) is 0.0579. The van der Waals surface area contributed by atoms with E-state index in [0.29, 0.717) is 62.8 Å². The number of nitrogens with one attached hydrogen (secondary N) is 2. The Morgan fingerprint density at radius 3 is 2.63 bits per heavy atom. The van der Waals surface area contributed by atoms with E-state index in [-0.39, 0.29) is 64.0 Å². The highest BCUT2D eigenvalue weighted by atomic mass is 79.9. The average molecular weight is 911 g/mol. The van der Waals surface area contributed by atoms with Gasteiger partial charge in [-0.05, 0) is 80.2 Å². The SMILES string of the molecule is CCS(=O)(=O)CCC(C)(C)C1C2CC=CC2c2cc([N+](=O)[O-])ccc2N1CCCCCC(=O)N1CCO[C@H](COc2cc(C)c(Br)cc2NC(=O)Nc2cnc(C)cn2)C1. The number of hydrogen-bond acceptors (Lipinski definition) is 11. The zero-order valence-corrected chi connectivity index (χ0v) is 37.4. The van der Waals surface area contributed by atoms with Crippen LogP contribution in [0.25, 0.3) is 0 Å². The molecule has 15 nitrogen and oxygen atoms in total. The van der Waals surface area contributed by atoms with Gasteiger partial charge in [0, 0.05) is 59.5 Å². The van der Waals surface area contributed by atoms with Gasteiger partial charge in [0.25, 0.3) is 5.69 Å². The molecule has 3 amide bonds. The highest BCUT2D eigenvalue weighted by molar-refractivity contribution is 9.10. The number of fused-ring (bicyclic) bond motifs is 3. The van der Waals surface area contributed by atoms with Crippen LogP contribution in [0.5, 0.6) is 5.75 Å². The number of sulfone groups is 1. The number of hydrogen-bond donors (Lipinski definition) is 2. The molecule has 2 aliphatic heterocycles. The minimum Gasteiger partial charge on any atom is -0.489 e. The Morgan fingerprint density at radius 1 is 1.10 bits per heavy atom. The van der Waals surface area contributed by atoms with E-state index < -0.39 is 15.9 Å². The number of halogens is 1. The van der Waals surface area contributed by atoms with Crippen molar-refractivity contribution in [2.45, 2.75) is 91.2 Å². The molecule has 60 heavy (non-hydrogen) atoms. The highest BCUT2D eigenvalue weighted by Crippen LogP contribution is 2.53. The van der Waals surface area contributed by atoms with Gasteiger partial charge >= 0.3 is 6.03 Å². The second-order valence-corrected chi connectivity index (χ2v) is 20.0. The molecule has 1 fully saturated rings. The van der Waals surface area contributed by atoms with Gasteiger partial charge in [-0.1, -0.05) is 55.3 Å². The number of anilines is 3. The summed E-state index contributed by atoms with van der Waals surface area (Å²) in [5, 5.41) is 17.3. The molecular weight excluding hydrogens is 854 g/mol. The molecular formula is C43H56BrN7O8S. The summed E-state index contributed by atoms with van der Waals surface area (Å²) in [5.74, 6) is 1.21. The summed E-state index contributed by atoms with van der Waals surface area (Å²) < 4.78 is 38.2. The smallest absolute Gasteiger partial charge is 0.325 e. The van der Waals surface area contributed by atoms with E-state index in [0.717, 1.165) is 46.2 Å². The van der Waals surface area contributed by atoms with Crippen molar-refractivity contribution < 1.29 is 32.4 Å². The molecule has 3 aromatic rings. The summed E-state index contributed by atoms with van der Waals surface area (Å²) in [6.07, 6.45) is 11.0. The van der Waals surface area contributed by atoms with Crippen LogP contribution in [-0.4, -0.2) is 96.6 Å². The number of nitro benzene ring substituents is 1. The summed E-state index contributed by atoms with van der Waals surface area (Å²) in [5.41, 5.74) is 3.70. The van der Waals surface area contributed by atoms with Gasteiger partial charge in [0.2, 0.25) is 5.91 Å². The third kappa shape index (κ3) is 11.0. The third-order valence-electron chi connectivity index (χ3n) is 11.9. The van der Waals surface area contributed by atoms with Gasteiger partial charge in [-0.15, -0.1) is 0 Å². The molecule has 1 aliphatic carbocycles. The zero-order valence-electron chi connectivity index (χ0n) is 35.0. The van der Waals surface area contributed by atoms with E-state index in [9.17, 15) is 28.1 Å². The molecule has 324 valence electrons. The van der Waals surface area contributed by atoms with Crippen molar-refractivity contribution in [3.8, 4) is 5.75 Å². The molecule has 2 aromatic carbocycles. The molecule has 0 spiro atoms. The highest BCUT2D eigenvalue weighted by Gasteiger charge is 2.48. The van der Waals surface area contributed by atoms with E-state index >= 15 is 0 Å². The number of aryl methyl sites for hydroxylation is 2. The number of nitro groups is 1. The first-order valence-corrected chi connectivity index (χ1v) is 23.3. The number of aromatic nitrogens is 2. The predicted octanol–water partition coefficient (Wildman–Crippen LogP) is 7.97. The molecule has 1 aromatic heterocycles. The largest absolute Gasteiger partial charge is 0.489 e. The van der Waals surface area contributed by atoms with Crippen LogP contribution in [0.15, 0.2) is 59.4 Å². The minimum atomic E-state index is -3.17. The van der Waals surface area contributed by atoms with Crippen LogP contribution >= 0.6 is 15.9 Å². The number of nitrogens with zero attached hydrogens (tertiary/aromatic N) is 5. The summed E-state index contributed by atoms with van der Waals surface area (Å²) >= 11 is 3.53. The fourth-order valence-electron chi connectivity index (χ4n) is 8.59. The monoisotopic (exact) mass is 909 g/mol. The number of urea groups is 1. The van der Waals surface area contributed by atoms with Crippen molar-refractivity contribution in [2.24, 2.45) is 11.3 Å². The molecule has 1 saturated heterocycles. The van der Waals surface area contributed by atoms with Crippen molar-refractivity contribution >= 4 is 60.6 Å². The van der Waals surface area contributed by atoms with E-state index in [1.165, 1.54) is 6.20 Å². The standard InChI is InChI=1S/C43H56BrN7O8S/c1-6-60(56,57)20-16-43(4,5)41-33-12-10-11-32(33)34-22-30(51(54)55)14-15-37(34)50(41)17-9-7-8-13-40(52)49-18-19-58-31(26-49)27-59-38-21-28(2)35(44)23-36(38)47-42(53)48-39-25-45-29(3)24-46-39/h10-11,14-15,21-25,31-33,41H,6-9,12-13,16-20,26-27H2,1-5H3,(H2,46,47,48,53)/t31-,32?,33?,41?/m0/s1. The first kappa shape index (κ1) is 44.9. The fraction of sp³-hybridized carbons (Fsp3) is 0.535. The summed E-state index contributed by atoms with van der Waals surface area (Å²) in [6, 6.07) is 8.24. The van der Waals surface area contributed by atoms with Crippen molar-refractivity contribution in [2.75, 3.05) is 59.9 Å². The first-order valence-electron chi connectivity index (χ1n) is 20.7. The Morgan fingerprint density at radius 2 is 1.90 bits per heavy atom. The lowest BCUT2D eigenvalue weighted by atomic mass is 9.67. The van der Waals surface area contributed by atoms with Crippen molar-refractivity contribution in [1.82, 2.24) is 14.9 Å². The maximum Gasteiger partial charge on any atom is 0.325 e. The van der Waals surface area contributed by atoms with Crippen molar-refractivity contribution in [3.05, 3.63) is 86.3 Å². The number of unbranched alkanes of at least 4 members (excludes halogenated alkanes) is 2. The predicted molar refractivity (Wildman–Crippen MR) is 236 cm³/mol.